The zero-order valence-electron chi connectivity index (χ0n) is 19.1. The number of nitrogens with zero attached hydrogens (tertiary/aromatic N) is 3. The maximum Gasteiger partial charge on any atom is 0.227 e. The van der Waals surface area contributed by atoms with Crippen molar-refractivity contribution in [3.8, 4) is 5.75 Å². The Labute approximate surface area is 186 Å². The summed E-state index contributed by atoms with van der Waals surface area (Å²) in [5.41, 5.74) is 1.10. The third-order valence-corrected chi connectivity index (χ3v) is 7.52. The minimum atomic E-state index is -0.207. The summed E-state index contributed by atoms with van der Waals surface area (Å²) < 4.78 is 5.42. The van der Waals surface area contributed by atoms with Gasteiger partial charge in [-0.1, -0.05) is 24.6 Å². The Kier molecular flexibility index (Phi) is 7.16. The molecule has 0 radical (unpaired) electrons. The Hall–Kier alpha value is -2.08. The van der Waals surface area contributed by atoms with Gasteiger partial charge >= 0.3 is 0 Å². The quantitative estimate of drug-likeness (QED) is 0.672. The molecule has 6 nitrogen and oxygen atoms in total. The molecule has 6 heteroatoms. The van der Waals surface area contributed by atoms with Gasteiger partial charge in [0.15, 0.2) is 0 Å². The minimum absolute atomic E-state index is 0.0952. The van der Waals surface area contributed by atoms with E-state index < -0.39 is 0 Å². The van der Waals surface area contributed by atoms with Gasteiger partial charge in [-0.2, -0.15) is 0 Å². The van der Waals surface area contributed by atoms with Crippen LogP contribution < -0.4 is 4.74 Å². The summed E-state index contributed by atoms with van der Waals surface area (Å²) in [5.74, 6) is 1.45. The molecule has 0 saturated carbocycles. The van der Waals surface area contributed by atoms with E-state index in [0.717, 1.165) is 24.3 Å². The maximum absolute atomic E-state index is 13.2. The van der Waals surface area contributed by atoms with Crippen molar-refractivity contribution in [2.45, 2.75) is 51.0 Å². The van der Waals surface area contributed by atoms with Gasteiger partial charge in [-0.15, -0.1) is 0 Å². The first-order chi connectivity index (χ1) is 15.1. The molecule has 1 aromatic rings. The number of methoxy groups -OCH3 is 1. The van der Waals surface area contributed by atoms with Crippen LogP contribution in [0.2, 0.25) is 0 Å². The van der Waals surface area contributed by atoms with Gasteiger partial charge in [0.05, 0.1) is 13.0 Å². The molecule has 3 aliphatic rings. The summed E-state index contributed by atoms with van der Waals surface area (Å²) in [6.45, 7) is 4.43. The predicted octanol–water partition coefficient (Wildman–Crippen LogP) is 2.81. The van der Waals surface area contributed by atoms with Crippen molar-refractivity contribution in [2.75, 3.05) is 46.9 Å². The second-order valence-corrected chi connectivity index (χ2v) is 9.52. The van der Waals surface area contributed by atoms with Gasteiger partial charge in [-0.25, -0.2) is 0 Å². The van der Waals surface area contributed by atoms with Crippen LogP contribution in [0.5, 0.6) is 5.75 Å². The van der Waals surface area contributed by atoms with Crippen molar-refractivity contribution >= 4 is 11.8 Å². The molecule has 0 aromatic heterocycles. The van der Waals surface area contributed by atoms with Crippen molar-refractivity contribution in [1.82, 2.24) is 14.7 Å². The summed E-state index contributed by atoms with van der Waals surface area (Å²) >= 11 is 0. The van der Waals surface area contributed by atoms with E-state index in [9.17, 15) is 9.59 Å². The maximum atomic E-state index is 13.2. The molecule has 0 aliphatic carbocycles. The zero-order chi connectivity index (χ0) is 21.8. The standard InChI is InChI=1S/C25H37N3O3/c1-26(17-20-9-7-14-27-13-6-5-10-22(20)27)25(30)21-16-24(29)28(18-21)15-12-19-8-3-4-11-23(19)31-2/h3-4,8,11,20-22H,5-7,9-10,12-18H2,1-2H3/t20-,21-,22+/m0/s1. The summed E-state index contributed by atoms with van der Waals surface area (Å²) in [6, 6.07) is 8.56. The molecule has 0 bridgehead atoms. The number of hydrogen-bond donors (Lipinski definition) is 0. The Morgan fingerprint density at radius 2 is 1.97 bits per heavy atom. The lowest BCUT2D eigenvalue weighted by Crippen LogP contribution is -2.51. The Balaban J connectivity index is 1.30. The fourth-order valence-electron chi connectivity index (χ4n) is 5.86. The van der Waals surface area contributed by atoms with E-state index in [1.807, 2.05) is 41.1 Å². The molecule has 1 aromatic carbocycles. The molecule has 2 amide bonds. The number of amides is 2. The summed E-state index contributed by atoms with van der Waals surface area (Å²) in [6.07, 6.45) is 7.43. The number of hydrogen-bond acceptors (Lipinski definition) is 4. The van der Waals surface area contributed by atoms with Crippen molar-refractivity contribution in [2.24, 2.45) is 11.8 Å². The fourth-order valence-corrected chi connectivity index (χ4v) is 5.86. The van der Waals surface area contributed by atoms with E-state index in [1.165, 1.54) is 45.2 Å². The van der Waals surface area contributed by atoms with Gasteiger partial charge in [-0.3, -0.25) is 9.59 Å². The third-order valence-electron chi connectivity index (χ3n) is 7.52. The topological polar surface area (TPSA) is 53.1 Å². The van der Waals surface area contributed by atoms with E-state index in [1.54, 1.807) is 7.11 Å². The van der Waals surface area contributed by atoms with Crippen LogP contribution in [-0.2, 0) is 16.0 Å². The smallest absolute Gasteiger partial charge is 0.227 e. The first-order valence-corrected chi connectivity index (χ1v) is 12.0. The van der Waals surface area contributed by atoms with Gasteiger partial charge in [0.25, 0.3) is 0 Å². The lowest BCUT2D eigenvalue weighted by molar-refractivity contribution is -0.135. The number of fused-ring (bicyclic) bond motifs is 1. The van der Waals surface area contributed by atoms with Gasteiger partial charge in [-0.05, 0) is 62.7 Å². The highest BCUT2D eigenvalue weighted by atomic mass is 16.5. The fraction of sp³-hybridized carbons (Fsp3) is 0.680. The number of piperidine rings is 2. The molecule has 0 unspecified atom stereocenters. The number of para-hydroxylation sites is 1. The average molecular weight is 428 g/mol. The molecule has 3 aliphatic heterocycles. The first-order valence-electron chi connectivity index (χ1n) is 12.0. The molecule has 4 rings (SSSR count). The Morgan fingerprint density at radius 1 is 1.16 bits per heavy atom. The lowest BCUT2D eigenvalue weighted by atomic mass is 9.83. The predicted molar refractivity (Wildman–Crippen MR) is 121 cm³/mol. The zero-order valence-corrected chi connectivity index (χ0v) is 19.1. The van der Waals surface area contributed by atoms with Crippen molar-refractivity contribution < 1.29 is 14.3 Å². The number of rotatable bonds is 7. The highest BCUT2D eigenvalue weighted by Crippen LogP contribution is 2.32. The monoisotopic (exact) mass is 427 g/mol. The normalized spacial score (nSPS) is 26.6. The molecule has 3 saturated heterocycles. The number of ether oxygens (including phenoxy) is 1. The molecule has 3 atom stereocenters. The van der Waals surface area contributed by atoms with Gasteiger partial charge in [0, 0.05) is 39.1 Å². The average Bonchev–Trinajstić information content (AvgIpc) is 3.18. The molecular formula is C25H37N3O3. The van der Waals surface area contributed by atoms with Crippen LogP contribution in [0.15, 0.2) is 24.3 Å². The SMILES string of the molecule is COc1ccccc1CCN1C[C@@H](C(=O)N(C)C[C@@H]2CCCN3CCCC[C@H]23)CC1=O. The highest BCUT2D eigenvalue weighted by Gasteiger charge is 2.38. The van der Waals surface area contributed by atoms with Crippen molar-refractivity contribution in [1.29, 1.82) is 0 Å². The van der Waals surface area contributed by atoms with Crippen LogP contribution in [0.25, 0.3) is 0 Å². The third kappa shape index (κ3) is 5.05. The largest absolute Gasteiger partial charge is 0.496 e. The van der Waals surface area contributed by atoms with Gasteiger partial charge in [0.1, 0.15) is 5.75 Å². The van der Waals surface area contributed by atoms with Crippen molar-refractivity contribution in [3.63, 3.8) is 0 Å². The van der Waals surface area contributed by atoms with E-state index in [2.05, 4.69) is 4.90 Å². The number of carbonyl (C=O) groups is 2. The van der Waals surface area contributed by atoms with Gasteiger partial charge in [0.2, 0.25) is 11.8 Å². The van der Waals surface area contributed by atoms with Crippen LogP contribution in [0.3, 0.4) is 0 Å². The van der Waals surface area contributed by atoms with Gasteiger partial charge < -0.3 is 19.4 Å². The second kappa shape index (κ2) is 10.0. The molecule has 170 valence electrons. The lowest BCUT2D eigenvalue weighted by Gasteiger charge is -2.45. The van der Waals surface area contributed by atoms with Crippen LogP contribution in [0.1, 0.15) is 44.1 Å². The summed E-state index contributed by atoms with van der Waals surface area (Å²) in [5, 5.41) is 0. The first kappa shape index (κ1) is 22.1. The van der Waals surface area contributed by atoms with Crippen molar-refractivity contribution in [3.05, 3.63) is 29.8 Å². The van der Waals surface area contributed by atoms with Crippen LogP contribution in [0, 0.1) is 11.8 Å². The highest BCUT2D eigenvalue weighted by molar-refractivity contribution is 5.89. The Morgan fingerprint density at radius 3 is 2.81 bits per heavy atom. The number of benzene rings is 1. The summed E-state index contributed by atoms with van der Waals surface area (Å²) in [7, 11) is 3.61. The van der Waals surface area contributed by atoms with Crippen LogP contribution in [0.4, 0.5) is 0 Å². The Bertz CT molecular complexity index is 781. The second-order valence-electron chi connectivity index (χ2n) is 9.52. The van der Waals surface area contributed by atoms with E-state index in [-0.39, 0.29) is 17.7 Å². The van der Waals surface area contributed by atoms with E-state index in [0.29, 0.717) is 31.5 Å². The minimum Gasteiger partial charge on any atom is -0.496 e. The number of carbonyl (C=O) groups excluding carboxylic acids is 2. The molecule has 0 spiro atoms. The van der Waals surface area contributed by atoms with Crippen LogP contribution >= 0.6 is 0 Å². The number of likely N-dealkylation sites (tertiary alicyclic amines) is 1. The molecule has 31 heavy (non-hydrogen) atoms. The molecular weight excluding hydrogens is 390 g/mol. The molecule has 0 N–H and O–H groups in total. The molecule has 3 heterocycles. The van der Waals surface area contributed by atoms with E-state index >= 15 is 0 Å². The van der Waals surface area contributed by atoms with E-state index in [4.69, 9.17) is 4.74 Å². The molecule has 3 fully saturated rings. The van der Waals surface area contributed by atoms with Crippen LogP contribution in [-0.4, -0.2) is 79.4 Å². The summed E-state index contributed by atoms with van der Waals surface area (Å²) in [4.78, 5) is 32.2.